The molecule has 0 aromatic heterocycles. The zero-order valence-corrected chi connectivity index (χ0v) is 18.6. The van der Waals surface area contributed by atoms with E-state index in [2.05, 4.69) is 10.6 Å². The Hall–Kier alpha value is -0.260. The maximum absolute atomic E-state index is 12.2. The second kappa shape index (κ2) is 9.90. The lowest BCUT2D eigenvalue weighted by Gasteiger charge is -2.19. The van der Waals surface area contributed by atoms with Crippen LogP contribution in [-0.4, -0.2) is 36.0 Å². The van der Waals surface area contributed by atoms with E-state index in [4.69, 9.17) is 5.11 Å². The third kappa shape index (κ3) is 5.36. The maximum atomic E-state index is 12.2. The van der Waals surface area contributed by atoms with Gasteiger partial charge in [-0.05, 0) is 67.8 Å². The van der Waals surface area contributed by atoms with Gasteiger partial charge in [0.1, 0.15) is 0 Å². The van der Waals surface area contributed by atoms with E-state index in [0.29, 0.717) is 7.14 Å². The van der Waals surface area contributed by atoms with Crippen molar-refractivity contribution < 1.29 is 24.6 Å². The summed E-state index contributed by atoms with van der Waals surface area (Å²) in [6, 6.07) is 0. The first-order valence-electron chi connectivity index (χ1n) is 5.80. The van der Waals surface area contributed by atoms with E-state index in [0.717, 1.165) is 0 Å². The number of anilines is 1. The predicted molar refractivity (Wildman–Crippen MR) is 109 cm³/mol. The Kier molecular flexibility index (Phi) is 9.78. The molecule has 0 unspecified atom stereocenters. The number of aromatic carboxylic acids is 1. The van der Waals surface area contributed by atoms with Crippen LogP contribution in [0.25, 0.3) is 0 Å². The summed E-state index contributed by atoms with van der Waals surface area (Å²) in [4.78, 5) is 34.9. The molecular weight excluding hydrogens is 647 g/mol. The van der Waals surface area contributed by atoms with Crippen LogP contribution in [0, 0.1) is 10.7 Å². The van der Waals surface area contributed by atoms with Gasteiger partial charge in [0.15, 0.2) is 0 Å². The zero-order valence-electron chi connectivity index (χ0n) is 12.1. The van der Waals surface area contributed by atoms with Gasteiger partial charge in [-0.1, -0.05) is 0 Å². The molecule has 0 atom stereocenters. The van der Waals surface area contributed by atoms with Crippen LogP contribution in [0.5, 0.6) is 0 Å². The number of benzene rings is 1. The molecule has 0 spiro atoms. The average Bonchev–Trinajstić information content (AvgIpc) is 2.40. The van der Waals surface area contributed by atoms with Gasteiger partial charge >= 0.3 is 0 Å². The van der Waals surface area contributed by atoms with Crippen molar-refractivity contribution in [3.63, 3.8) is 0 Å². The van der Waals surface area contributed by atoms with Gasteiger partial charge < -0.3 is 31.8 Å². The number of hydrogen-bond acceptors (Lipinski definition) is 5. The van der Waals surface area contributed by atoms with Gasteiger partial charge in [0.2, 0.25) is 5.91 Å². The smallest absolute Gasteiger partial charge is 0.253 e. The topological polar surface area (TPSA) is 155 Å². The second-order valence-electron chi connectivity index (χ2n) is 4.02. The lowest BCUT2D eigenvalue weighted by atomic mass is 10.1. The van der Waals surface area contributed by atoms with E-state index < -0.39 is 11.9 Å². The summed E-state index contributed by atoms with van der Waals surface area (Å²) >= 11 is 5.42. The van der Waals surface area contributed by atoms with E-state index in [-0.39, 0.29) is 45.6 Å². The van der Waals surface area contributed by atoms with E-state index in [9.17, 15) is 19.5 Å². The number of aliphatic hydroxyl groups is 1. The molecule has 2 amide bonds. The average molecular weight is 661 g/mol. The third-order valence-corrected chi connectivity index (χ3v) is 5.68. The van der Waals surface area contributed by atoms with Gasteiger partial charge in [-0.2, -0.15) is 0 Å². The molecule has 0 fully saturated rings. The number of quaternary nitrogens is 1. The Morgan fingerprint density at radius 3 is 2.04 bits per heavy atom. The Balaban J connectivity index is 0.00000484. The molecular formula is C12H14I3N3O5. The molecule has 8 nitrogen and oxygen atoms in total. The number of nitrogens with one attached hydrogen (secondary N) is 2. The normalized spacial score (nSPS) is 9.78. The molecule has 0 saturated carbocycles. The van der Waals surface area contributed by atoms with Crippen molar-refractivity contribution in [2.24, 2.45) is 0 Å². The number of aliphatic hydroxyl groups excluding tert-OH is 1. The molecule has 11 heteroatoms. The van der Waals surface area contributed by atoms with E-state index >= 15 is 0 Å². The summed E-state index contributed by atoms with van der Waals surface area (Å²) in [5.74, 6) is -2.36. The Morgan fingerprint density at radius 2 is 1.61 bits per heavy atom. The van der Waals surface area contributed by atoms with Crippen LogP contribution in [0.2, 0.25) is 0 Å². The number of amides is 2. The van der Waals surface area contributed by atoms with E-state index in [1.807, 2.05) is 22.6 Å². The fourth-order valence-corrected chi connectivity index (χ4v) is 5.95. The molecule has 0 aliphatic heterocycles. The van der Waals surface area contributed by atoms with E-state index in [1.54, 1.807) is 45.2 Å². The third-order valence-electron chi connectivity index (χ3n) is 2.45. The van der Waals surface area contributed by atoms with Gasteiger partial charge in [0.05, 0.1) is 27.4 Å². The number of rotatable bonds is 5. The molecule has 0 radical (unpaired) electrons. The molecule has 0 saturated heterocycles. The molecule has 7 N–H and O–H groups in total. The summed E-state index contributed by atoms with van der Waals surface area (Å²) in [6.45, 7) is 1.08. The lowest BCUT2D eigenvalue weighted by Crippen LogP contribution is -2.31. The van der Waals surface area contributed by atoms with E-state index in [1.165, 1.54) is 6.92 Å². The van der Waals surface area contributed by atoms with Crippen molar-refractivity contribution in [2.75, 3.05) is 18.5 Å². The first-order chi connectivity index (χ1) is 10.2. The second-order valence-corrected chi connectivity index (χ2v) is 7.25. The van der Waals surface area contributed by atoms with Crippen molar-refractivity contribution in [1.82, 2.24) is 11.5 Å². The predicted octanol–water partition coefficient (Wildman–Crippen LogP) is 0.921. The largest absolute Gasteiger partial charge is 0.545 e. The highest BCUT2D eigenvalue weighted by atomic mass is 127. The SMILES string of the molecule is CC(=O)Nc1c(I)c(C(=O)[O-])c(I)c(C(=O)NCCO)c1I.[NH4+]. The van der Waals surface area contributed by atoms with Gasteiger partial charge in [0.25, 0.3) is 5.91 Å². The lowest BCUT2D eigenvalue weighted by molar-refractivity contribution is -0.255. The summed E-state index contributed by atoms with van der Waals surface area (Å²) in [5, 5.41) is 25.2. The molecule has 1 aromatic carbocycles. The Bertz CT molecular complexity index is 652. The highest BCUT2D eigenvalue weighted by Gasteiger charge is 2.25. The molecule has 0 aliphatic carbocycles. The molecule has 1 rings (SSSR count). The van der Waals surface area contributed by atoms with Crippen LogP contribution < -0.4 is 21.9 Å². The minimum Gasteiger partial charge on any atom is -0.545 e. The number of carbonyl (C=O) groups is 3. The molecule has 23 heavy (non-hydrogen) atoms. The molecule has 0 heterocycles. The van der Waals surface area contributed by atoms with Crippen LogP contribution >= 0.6 is 67.8 Å². The minimum atomic E-state index is -1.44. The summed E-state index contributed by atoms with van der Waals surface area (Å²) < 4.78 is 0.929. The first-order valence-corrected chi connectivity index (χ1v) is 9.04. The summed E-state index contributed by atoms with van der Waals surface area (Å²) in [7, 11) is 0. The number of carboxylic acid groups (broad SMARTS) is 1. The van der Waals surface area contributed by atoms with Gasteiger partial charge in [-0.15, -0.1) is 0 Å². The fourth-order valence-electron chi connectivity index (χ4n) is 1.59. The quantitative estimate of drug-likeness (QED) is 0.346. The van der Waals surface area contributed by atoms with Gasteiger partial charge in [-0.25, -0.2) is 0 Å². The highest BCUT2D eigenvalue weighted by Crippen LogP contribution is 2.35. The van der Waals surface area contributed by atoms with Crippen LogP contribution in [0.3, 0.4) is 0 Å². The van der Waals surface area contributed by atoms with Crippen LogP contribution in [0.15, 0.2) is 0 Å². The van der Waals surface area contributed by atoms with Crippen molar-refractivity contribution in [2.45, 2.75) is 6.92 Å². The van der Waals surface area contributed by atoms with Crippen LogP contribution in [-0.2, 0) is 4.79 Å². The van der Waals surface area contributed by atoms with Crippen molar-refractivity contribution in [1.29, 1.82) is 0 Å². The number of carbonyl (C=O) groups excluding carboxylic acids is 3. The Labute approximate surface area is 173 Å². The van der Waals surface area contributed by atoms with Crippen molar-refractivity contribution in [3.05, 3.63) is 21.8 Å². The Morgan fingerprint density at radius 1 is 1.09 bits per heavy atom. The fraction of sp³-hybridized carbons (Fsp3) is 0.250. The summed E-state index contributed by atoms with van der Waals surface area (Å²) in [5.41, 5.74) is 0.222. The molecule has 0 aliphatic rings. The standard InChI is InChI=1S/C12H11I3N2O5.H3N/c1-4(19)17-10-8(14)5(11(20)16-2-3-18)7(13)6(9(10)15)12(21)22;/h18H,2-3H2,1H3,(H,16,20)(H,17,19)(H,21,22);1H3. The maximum Gasteiger partial charge on any atom is 0.253 e. The van der Waals surface area contributed by atoms with Crippen LogP contribution in [0.1, 0.15) is 27.6 Å². The number of carboxylic acids is 1. The molecule has 0 bridgehead atoms. The molecule has 128 valence electrons. The highest BCUT2D eigenvalue weighted by molar-refractivity contribution is 14.1. The monoisotopic (exact) mass is 661 g/mol. The zero-order chi connectivity index (χ0) is 17.0. The first kappa shape index (κ1) is 22.7. The number of hydrogen-bond donors (Lipinski definition) is 4. The van der Waals surface area contributed by atoms with Gasteiger partial charge in [0, 0.05) is 26.2 Å². The van der Waals surface area contributed by atoms with Crippen molar-refractivity contribution in [3.8, 4) is 0 Å². The number of halogens is 3. The van der Waals surface area contributed by atoms with Gasteiger partial charge in [-0.3, -0.25) is 9.59 Å². The van der Waals surface area contributed by atoms with Crippen molar-refractivity contribution >= 4 is 91.2 Å². The summed E-state index contributed by atoms with van der Waals surface area (Å²) in [6.07, 6.45) is 0. The van der Waals surface area contributed by atoms with Crippen LogP contribution in [0.4, 0.5) is 5.69 Å². The minimum absolute atomic E-state index is 0. The molecule has 1 aromatic rings.